The maximum absolute atomic E-state index is 6.74. The van der Waals surface area contributed by atoms with Gasteiger partial charge in [-0.25, -0.2) is 0 Å². The molecule has 44 heavy (non-hydrogen) atoms. The predicted molar refractivity (Wildman–Crippen MR) is 186 cm³/mol. The molecule has 0 amide bonds. The summed E-state index contributed by atoms with van der Waals surface area (Å²) in [4.78, 5) is 2.40. The fraction of sp³-hybridized carbons (Fsp3) is 0. The van der Waals surface area contributed by atoms with Crippen molar-refractivity contribution in [3.05, 3.63) is 164 Å². The molecule has 1 aromatic heterocycles. The highest BCUT2D eigenvalue weighted by Crippen LogP contribution is 2.48. The minimum absolute atomic E-state index is 0.886. The molecule has 0 saturated carbocycles. The largest absolute Gasteiger partial charge is 0.454 e. The van der Waals surface area contributed by atoms with Crippen LogP contribution in [-0.2, 0) is 0 Å². The Balaban J connectivity index is 1.36. The molecule has 0 aliphatic carbocycles. The molecular weight excluding hydrogens is 534 g/mol. The summed E-state index contributed by atoms with van der Waals surface area (Å²) in [6.45, 7) is 0. The van der Waals surface area contributed by atoms with Gasteiger partial charge in [-0.3, -0.25) is 0 Å². The van der Waals surface area contributed by atoms with Crippen LogP contribution >= 0.6 is 0 Å². The average Bonchev–Trinajstić information content (AvgIpc) is 3.46. The topological polar surface area (TPSA) is 16.4 Å². The van der Waals surface area contributed by atoms with Crippen LogP contribution in [0.5, 0.6) is 0 Å². The van der Waals surface area contributed by atoms with Gasteiger partial charge in [-0.15, -0.1) is 0 Å². The number of nitrogens with zero attached hydrogens (tertiary/aromatic N) is 1. The summed E-state index contributed by atoms with van der Waals surface area (Å²) >= 11 is 0. The summed E-state index contributed by atoms with van der Waals surface area (Å²) < 4.78 is 6.74. The summed E-state index contributed by atoms with van der Waals surface area (Å²) in [5.74, 6) is 0. The fourth-order valence-corrected chi connectivity index (χ4v) is 6.70. The summed E-state index contributed by atoms with van der Waals surface area (Å²) in [7, 11) is 0. The SMILES string of the molecule is c1ccc(-c2ccc3cc(N(c4cccc5ccccc45)c4c5ccccc5cc5c4oc4ccccc45)ccc3c2)cc1. The van der Waals surface area contributed by atoms with Crippen molar-refractivity contribution >= 4 is 71.3 Å². The lowest BCUT2D eigenvalue weighted by Gasteiger charge is -2.28. The first-order chi connectivity index (χ1) is 21.8. The Morgan fingerprint density at radius 1 is 0.386 bits per heavy atom. The van der Waals surface area contributed by atoms with Crippen LogP contribution in [0.1, 0.15) is 0 Å². The van der Waals surface area contributed by atoms with Gasteiger partial charge in [-0.2, -0.15) is 0 Å². The molecule has 9 rings (SSSR count). The number of rotatable bonds is 4. The Labute approximate surface area is 255 Å². The Morgan fingerprint density at radius 3 is 1.95 bits per heavy atom. The highest BCUT2D eigenvalue weighted by atomic mass is 16.3. The van der Waals surface area contributed by atoms with Crippen LogP contribution in [0.25, 0.3) is 65.4 Å². The van der Waals surface area contributed by atoms with E-state index in [1.807, 2.05) is 6.07 Å². The van der Waals surface area contributed by atoms with E-state index in [9.17, 15) is 0 Å². The van der Waals surface area contributed by atoms with Crippen LogP contribution in [0.4, 0.5) is 17.1 Å². The van der Waals surface area contributed by atoms with E-state index in [1.54, 1.807) is 0 Å². The number of hydrogen-bond acceptors (Lipinski definition) is 2. The molecule has 2 heteroatoms. The van der Waals surface area contributed by atoms with E-state index in [1.165, 1.54) is 38.1 Å². The second-order valence-electron chi connectivity index (χ2n) is 11.4. The number of para-hydroxylation sites is 1. The van der Waals surface area contributed by atoms with Crippen molar-refractivity contribution in [3.8, 4) is 11.1 Å². The second-order valence-corrected chi connectivity index (χ2v) is 11.4. The summed E-state index contributed by atoms with van der Waals surface area (Å²) in [6, 6.07) is 58.5. The minimum Gasteiger partial charge on any atom is -0.454 e. The van der Waals surface area contributed by atoms with Crippen LogP contribution in [0.15, 0.2) is 168 Å². The fourth-order valence-electron chi connectivity index (χ4n) is 6.70. The van der Waals surface area contributed by atoms with E-state index in [-0.39, 0.29) is 0 Å². The normalized spacial score (nSPS) is 11.6. The molecule has 0 atom stereocenters. The molecule has 9 aromatic rings. The number of fused-ring (bicyclic) bond motifs is 6. The van der Waals surface area contributed by atoms with Crippen molar-refractivity contribution in [2.24, 2.45) is 0 Å². The van der Waals surface area contributed by atoms with Crippen molar-refractivity contribution in [1.82, 2.24) is 0 Å². The molecule has 2 nitrogen and oxygen atoms in total. The molecule has 8 aromatic carbocycles. The van der Waals surface area contributed by atoms with E-state index in [0.717, 1.165) is 44.4 Å². The predicted octanol–water partition coefficient (Wildman–Crippen LogP) is 12.2. The maximum Gasteiger partial charge on any atom is 0.160 e. The molecule has 0 fully saturated rings. The van der Waals surface area contributed by atoms with E-state index in [4.69, 9.17) is 4.42 Å². The molecule has 0 aliphatic heterocycles. The molecule has 0 radical (unpaired) electrons. The lowest BCUT2D eigenvalue weighted by molar-refractivity contribution is 0.669. The van der Waals surface area contributed by atoms with Gasteiger partial charge in [0.1, 0.15) is 5.58 Å². The van der Waals surface area contributed by atoms with Crippen LogP contribution in [0, 0.1) is 0 Å². The molecule has 0 bridgehead atoms. The molecule has 0 unspecified atom stereocenters. The van der Waals surface area contributed by atoms with Gasteiger partial charge in [0.05, 0.1) is 11.4 Å². The van der Waals surface area contributed by atoms with Gasteiger partial charge in [0.2, 0.25) is 0 Å². The maximum atomic E-state index is 6.74. The first-order valence-electron chi connectivity index (χ1n) is 15.0. The van der Waals surface area contributed by atoms with Gasteiger partial charge in [0, 0.05) is 27.2 Å². The van der Waals surface area contributed by atoms with Crippen molar-refractivity contribution in [2.45, 2.75) is 0 Å². The summed E-state index contributed by atoms with van der Waals surface area (Å²) in [5, 5.41) is 9.35. The van der Waals surface area contributed by atoms with Crippen molar-refractivity contribution < 1.29 is 4.42 Å². The second kappa shape index (κ2) is 9.86. The zero-order valence-corrected chi connectivity index (χ0v) is 23.9. The van der Waals surface area contributed by atoms with Crippen LogP contribution in [0.3, 0.4) is 0 Å². The van der Waals surface area contributed by atoms with E-state index in [2.05, 4.69) is 163 Å². The zero-order chi connectivity index (χ0) is 29.0. The van der Waals surface area contributed by atoms with E-state index in [0.29, 0.717) is 0 Å². The minimum atomic E-state index is 0.886. The zero-order valence-electron chi connectivity index (χ0n) is 23.9. The van der Waals surface area contributed by atoms with Gasteiger partial charge >= 0.3 is 0 Å². The first kappa shape index (κ1) is 24.7. The number of furan rings is 1. The van der Waals surface area contributed by atoms with Crippen molar-refractivity contribution in [2.75, 3.05) is 4.90 Å². The molecular formula is C42H27NO. The van der Waals surface area contributed by atoms with Gasteiger partial charge in [-0.1, -0.05) is 127 Å². The first-order valence-corrected chi connectivity index (χ1v) is 15.0. The number of hydrogen-bond donors (Lipinski definition) is 0. The Morgan fingerprint density at radius 2 is 1.07 bits per heavy atom. The smallest absolute Gasteiger partial charge is 0.160 e. The third-order valence-corrected chi connectivity index (χ3v) is 8.78. The van der Waals surface area contributed by atoms with Crippen LogP contribution in [-0.4, -0.2) is 0 Å². The van der Waals surface area contributed by atoms with Crippen LogP contribution < -0.4 is 4.90 Å². The van der Waals surface area contributed by atoms with Gasteiger partial charge < -0.3 is 9.32 Å². The van der Waals surface area contributed by atoms with Crippen LogP contribution in [0.2, 0.25) is 0 Å². The average molecular weight is 562 g/mol. The molecule has 206 valence electrons. The number of benzene rings is 8. The molecule has 0 aliphatic rings. The highest BCUT2D eigenvalue weighted by Gasteiger charge is 2.24. The molecule has 0 N–H and O–H groups in total. The Bertz CT molecular complexity index is 2500. The van der Waals surface area contributed by atoms with Crippen molar-refractivity contribution in [3.63, 3.8) is 0 Å². The standard InChI is InChI=1S/C42H27NO/c1-2-11-28(12-3-1)30-21-22-32-26-34(24-23-31(32)25-30)43(39-19-10-15-29-13-4-6-16-35(29)39)41-36-17-7-5-14-33(36)27-38-37-18-8-9-20-40(37)44-42(38)41/h1-27H. The quantitative estimate of drug-likeness (QED) is 0.212. The number of anilines is 3. The molecule has 1 heterocycles. The highest BCUT2D eigenvalue weighted by molar-refractivity contribution is 6.20. The Hall–Kier alpha value is -5.86. The molecule has 0 saturated heterocycles. The summed E-state index contributed by atoms with van der Waals surface area (Å²) in [5.41, 5.74) is 7.46. The lowest BCUT2D eigenvalue weighted by atomic mass is 9.99. The van der Waals surface area contributed by atoms with Crippen molar-refractivity contribution in [1.29, 1.82) is 0 Å². The third-order valence-electron chi connectivity index (χ3n) is 8.78. The summed E-state index contributed by atoms with van der Waals surface area (Å²) in [6.07, 6.45) is 0. The van der Waals surface area contributed by atoms with Gasteiger partial charge in [0.25, 0.3) is 0 Å². The monoisotopic (exact) mass is 561 g/mol. The third kappa shape index (κ3) is 3.89. The molecule has 0 spiro atoms. The lowest BCUT2D eigenvalue weighted by Crippen LogP contribution is -2.11. The Kier molecular flexibility index (Phi) is 5.54. The van der Waals surface area contributed by atoms with Gasteiger partial charge in [0.15, 0.2) is 5.58 Å². The van der Waals surface area contributed by atoms with Gasteiger partial charge in [-0.05, 0) is 69.1 Å². The van der Waals surface area contributed by atoms with E-state index < -0.39 is 0 Å². The van der Waals surface area contributed by atoms with E-state index >= 15 is 0 Å².